The molecule has 4 heterocycles. The molecule has 0 radical (unpaired) electrons. The Morgan fingerprint density at radius 3 is 2.61 bits per heavy atom. The number of aromatic nitrogens is 2. The average molecular weight is 458 g/mol. The van der Waals surface area contributed by atoms with E-state index in [0.717, 1.165) is 12.1 Å². The number of nitrogens with one attached hydrogen (secondary N) is 2. The van der Waals surface area contributed by atoms with Gasteiger partial charge in [-0.3, -0.25) is 9.59 Å². The lowest BCUT2D eigenvalue weighted by Crippen LogP contribution is -2.42. The zero-order chi connectivity index (χ0) is 23.4. The zero-order valence-electron chi connectivity index (χ0n) is 17.3. The van der Waals surface area contributed by atoms with E-state index in [1.807, 2.05) is 0 Å². The fourth-order valence-corrected chi connectivity index (χ4v) is 4.40. The molecular formula is C23H18F4N4O2. The standard InChI is InChI=1S/C23H18F4N4O2/c1-30(23(33)12-5-13-4-11(21(26)27)2-3-31(13)10-12)19-9-28-8-18-20(19)14-6-16(24)17(25)7-15(14)22(32)29-18/h2-7,10,19,21,28H,8-9H2,1H3,(H,29,32)/t19-/m1/s1. The Balaban J connectivity index is 1.58. The molecule has 1 aliphatic heterocycles. The van der Waals surface area contributed by atoms with E-state index in [-0.39, 0.29) is 27.8 Å². The van der Waals surface area contributed by atoms with Crippen LogP contribution in [0.25, 0.3) is 16.3 Å². The number of hydrogen-bond donors (Lipinski definition) is 2. The van der Waals surface area contributed by atoms with E-state index in [0.29, 0.717) is 29.9 Å². The van der Waals surface area contributed by atoms with Crippen LogP contribution in [0.2, 0.25) is 0 Å². The predicted molar refractivity (Wildman–Crippen MR) is 113 cm³/mol. The molecule has 33 heavy (non-hydrogen) atoms. The van der Waals surface area contributed by atoms with Crippen molar-refractivity contribution in [2.75, 3.05) is 13.6 Å². The van der Waals surface area contributed by atoms with Crippen LogP contribution in [0.3, 0.4) is 0 Å². The van der Waals surface area contributed by atoms with Crippen LogP contribution < -0.4 is 10.9 Å². The molecule has 6 nitrogen and oxygen atoms in total. The summed E-state index contributed by atoms with van der Waals surface area (Å²) in [5, 5.41) is 3.36. The lowest BCUT2D eigenvalue weighted by molar-refractivity contribution is 0.0723. The highest BCUT2D eigenvalue weighted by Crippen LogP contribution is 2.33. The third kappa shape index (κ3) is 3.46. The fraction of sp³-hybridized carbons (Fsp3) is 0.217. The number of H-pyrrole nitrogens is 1. The maximum Gasteiger partial charge on any atom is 0.263 e. The number of carbonyl (C=O) groups excluding carboxylic acids is 1. The first-order chi connectivity index (χ1) is 15.7. The Labute approximate surface area is 184 Å². The third-order valence-corrected chi connectivity index (χ3v) is 6.07. The number of hydrogen-bond acceptors (Lipinski definition) is 3. The molecule has 0 bridgehead atoms. The number of fused-ring (bicyclic) bond motifs is 4. The highest BCUT2D eigenvalue weighted by Gasteiger charge is 2.31. The lowest BCUT2D eigenvalue weighted by Gasteiger charge is -2.34. The average Bonchev–Trinajstić information content (AvgIpc) is 3.22. The SMILES string of the molecule is CN(C(=O)c1cc2cc(C(F)F)ccn2c1)[C@@H]1CNCc2[nH]c(=O)c3cc(F)c(F)cc3c21. The van der Waals surface area contributed by atoms with E-state index in [1.54, 1.807) is 17.6 Å². The molecule has 170 valence electrons. The van der Waals surface area contributed by atoms with Crippen molar-refractivity contribution < 1.29 is 22.4 Å². The Bertz CT molecular complexity index is 1480. The van der Waals surface area contributed by atoms with Gasteiger partial charge in [-0.15, -0.1) is 0 Å². The fourth-order valence-electron chi connectivity index (χ4n) is 4.40. The summed E-state index contributed by atoms with van der Waals surface area (Å²) in [5.74, 6) is -2.61. The van der Waals surface area contributed by atoms with Gasteiger partial charge in [-0.2, -0.15) is 0 Å². The normalized spacial score (nSPS) is 15.9. The second-order valence-electron chi connectivity index (χ2n) is 8.04. The summed E-state index contributed by atoms with van der Waals surface area (Å²) in [7, 11) is 1.56. The van der Waals surface area contributed by atoms with E-state index in [1.165, 1.54) is 29.3 Å². The highest BCUT2D eigenvalue weighted by molar-refractivity contribution is 5.96. The molecule has 1 amide bonds. The molecule has 0 spiro atoms. The monoisotopic (exact) mass is 458 g/mol. The van der Waals surface area contributed by atoms with Gasteiger partial charge in [0.05, 0.1) is 17.0 Å². The van der Waals surface area contributed by atoms with E-state index in [2.05, 4.69) is 10.3 Å². The van der Waals surface area contributed by atoms with Gasteiger partial charge in [0.2, 0.25) is 0 Å². The van der Waals surface area contributed by atoms with E-state index in [4.69, 9.17) is 0 Å². The van der Waals surface area contributed by atoms with Crippen LogP contribution in [0.1, 0.15) is 39.6 Å². The smallest absolute Gasteiger partial charge is 0.263 e. The highest BCUT2D eigenvalue weighted by atomic mass is 19.3. The molecule has 0 fully saturated rings. The lowest BCUT2D eigenvalue weighted by atomic mass is 9.93. The summed E-state index contributed by atoms with van der Waals surface area (Å²) in [6.45, 7) is 0.614. The van der Waals surface area contributed by atoms with Gasteiger partial charge in [-0.25, -0.2) is 17.6 Å². The molecule has 5 rings (SSSR count). The molecule has 1 aliphatic rings. The Morgan fingerprint density at radius 1 is 1.15 bits per heavy atom. The van der Waals surface area contributed by atoms with Crippen LogP contribution >= 0.6 is 0 Å². The topological polar surface area (TPSA) is 69.6 Å². The van der Waals surface area contributed by atoms with Crippen molar-refractivity contribution in [1.29, 1.82) is 0 Å². The Kier molecular flexibility index (Phi) is 4.97. The largest absolute Gasteiger partial charge is 0.333 e. The minimum Gasteiger partial charge on any atom is -0.333 e. The summed E-state index contributed by atoms with van der Waals surface area (Å²) in [4.78, 5) is 29.8. The number of rotatable bonds is 3. The number of halogens is 4. The molecule has 10 heteroatoms. The number of likely N-dealkylation sites (N-methyl/N-ethyl adjacent to an activating group) is 1. The first-order valence-electron chi connectivity index (χ1n) is 10.2. The van der Waals surface area contributed by atoms with Gasteiger partial charge in [0.1, 0.15) is 0 Å². The summed E-state index contributed by atoms with van der Waals surface area (Å²) in [5.41, 5.74) is 1.04. The first-order valence-corrected chi connectivity index (χ1v) is 10.2. The van der Waals surface area contributed by atoms with Crippen molar-refractivity contribution in [2.45, 2.75) is 19.0 Å². The number of amides is 1. The summed E-state index contributed by atoms with van der Waals surface area (Å²) < 4.78 is 55.5. The Morgan fingerprint density at radius 2 is 1.88 bits per heavy atom. The van der Waals surface area contributed by atoms with Gasteiger partial charge in [-0.1, -0.05) is 0 Å². The summed E-state index contributed by atoms with van der Waals surface area (Å²) in [6.07, 6.45) is 0.374. The molecule has 2 N–H and O–H groups in total. The summed E-state index contributed by atoms with van der Waals surface area (Å²) >= 11 is 0. The number of aromatic amines is 1. The molecular weight excluding hydrogens is 440 g/mol. The zero-order valence-corrected chi connectivity index (χ0v) is 17.3. The molecule has 0 saturated heterocycles. The molecule has 0 unspecified atom stereocenters. The van der Waals surface area contributed by atoms with Gasteiger partial charge in [0.25, 0.3) is 17.9 Å². The minimum absolute atomic E-state index is 0.00506. The Hall–Kier alpha value is -3.66. The molecule has 4 aromatic rings. The molecule has 0 aliphatic carbocycles. The third-order valence-electron chi connectivity index (χ3n) is 6.07. The van der Waals surface area contributed by atoms with E-state index in [9.17, 15) is 27.2 Å². The van der Waals surface area contributed by atoms with Gasteiger partial charge in [0.15, 0.2) is 11.6 Å². The van der Waals surface area contributed by atoms with Crippen molar-refractivity contribution in [3.05, 3.63) is 87.1 Å². The number of alkyl halides is 2. The van der Waals surface area contributed by atoms with Gasteiger partial charge >= 0.3 is 0 Å². The van der Waals surface area contributed by atoms with E-state index >= 15 is 0 Å². The number of benzene rings is 1. The van der Waals surface area contributed by atoms with Gasteiger partial charge < -0.3 is 19.6 Å². The maximum absolute atomic E-state index is 14.1. The summed E-state index contributed by atoms with van der Waals surface area (Å²) in [6, 6.07) is 5.36. The second kappa shape index (κ2) is 7.73. The van der Waals surface area contributed by atoms with Crippen LogP contribution in [0.4, 0.5) is 17.6 Å². The molecule has 0 saturated carbocycles. The van der Waals surface area contributed by atoms with Crippen molar-refractivity contribution in [3.8, 4) is 0 Å². The van der Waals surface area contributed by atoms with Gasteiger partial charge in [0, 0.05) is 54.9 Å². The number of carbonyl (C=O) groups is 1. The molecule has 1 aromatic carbocycles. The van der Waals surface area contributed by atoms with Crippen molar-refractivity contribution >= 4 is 22.2 Å². The van der Waals surface area contributed by atoms with Crippen LogP contribution in [-0.4, -0.2) is 33.8 Å². The maximum atomic E-state index is 14.1. The predicted octanol–water partition coefficient (Wildman–Crippen LogP) is 3.91. The number of pyridine rings is 2. The van der Waals surface area contributed by atoms with E-state index < -0.39 is 29.7 Å². The van der Waals surface area contributed by atoms with Crippen LogP contribution in [-0.2, 0) is 6.54 Å². The van der Waals surface area contributed by atoms with Crippen molar-refractivity contribution in [1.82, 2.24) is 19.6 Å². The first kappa shape index (κ1) is 21.2. The minimum atomic E-state index is -2.63. The van der Waals surface area contributed by atoms with Crippen molar-refractivity contribution in [2.24, 2.45) is 0 Å². The molecule has 3 aromatic heterocycles. The second-order valence-corrected chi connectivity index (χ2v) is 8.04. The molecule has 1 atom stereocenters. The van der Waals surface area contributed by atoms with Crippen LogP contribution in [0.15, 0.2) is 47.5 Å². The van der Waals surface area contributed by atoms with Crippen LogP contribution in [0.5, 0.6) is 0 Å². The quantitative estimate of drug-likeness (QED) is 0.458. The van der Waals surface area contributed by atoms with Crippen LogP contribution in [0, 0.1) is 11.6 Å². The van der Waals surface area contributed by atoms with Crippen molar-refractivity contribution in [3.63, 3.8) is 0 Å². The van der Waals surface area contributed by atoms with Gasteiger partial charge in [-0.05, 0) is 35.7 Å². The number of nitrogens with zero attached hydrogens (tertiary/aromatic N) is 2.